The summed E-state index contributed by atoms with van der Waals surface area (Å²) in [5.74, 6) is 1.29. The summed E-state index contributed by atoms with van der Waals surface area (Å²) in [4.78, 5) is 17.8. The standard InChI is InChI=1S/C16H26N6O2/c17-21-19-9-12-1-3-14(4-2-12)11-24-16(23)15-7-5-13(6-8-15)10-20-22-18/h12-15H,1-11H2. The summed E-state index contributed by atoms with van der Waals surface area (Å²) < 4.78 is 5.55. The quantitative estimate of drug-likeness (QED) is 0.288. The van der Waals surface area contributed by atoms with Gasteiger partial charge in [-0.1, -0.05) is 10.2 Å². The van der Waals surface area contributed by atoms with Crippen molar-refractivity contribution in [1.82, 2.24) is 0 Å². The molecule has 0 amide bonds. The fraction of sp³-hybridized carbons (Fsp3) is 0.938. The first-order valence-corrected chi connectivity index (χ1v) is 8.91. The second kappa shape index (κ2) is 10.1. The fourth-order valence-corrected chi connectivity index (χ4v) is 3.78. The predicted octanol–water partition coefficient (Wildman–Crippen LogP) is 4.76. The van der Waals surface area contributed by atoms with Gasteiger partial charge in [-0.25, -0.2) is 0 Å². The van der Waals surface area contributed by atoms with Gasteiger partial charge in [-0.3, -0.25) is 4.79 Å². The molecule has 2 aliphatic rings. The Morgan fingerprint density at radius 3 is 1.79 bits per heavy atom. The van der Waals surface area contributed by atoms with Crippen molar-refractivity contribution in [3.63, 3.8) is 0 Å². The van der Waals surface area contributed by atoms with Gasteiger partial charge in [-0.05, 0) is 80.2 Å². The molecule has 0 aliphatic heterocycles. The molecule has 2 rings (SSSR count). The number of ether oxygens (including phenoxy) is 1. The van der Waals surface area contributed by atoms with Crippen molar-refractivity contribution in [2.75, 3.05) is 19.7 Å². The average Bonchev–Trinajstić information content (AvgIpc) is 2.64. The molecule has 0 spiro atoms. The average molecular weight is 334 g/mol. The number of carbonyl (C=O) groups excluding carboxylic acids is 1. The highest BCUT2D eigenvalue weighted by atomic mass is 16.5. The van der Waals surface area contributed by atoms with E-state index in [1.165, 1.54) is 0 Å². The minimum absolute atomic E-state index is 0.00798. The van der Waals surface area contributed by atoms with E-state index in [1.54, 1.807) is 0 Å². The summed E-state index contributed by atoms with van der Waals surface area (Å²) in [6.07, 6.45) is 7.71. The lowest BCUT2D eigenvalue weighted by Gasteiger charge is -2.29. The molecule has 24 heavy (non-hydrogen) atoms. The Labute approximate surface area is 142 Å². The normalized spacial score (nSPS) is 29.8. The second-order valence-electron chi connectivity index (χ2n) is 7.06. The first-order valence-electron chi connectivity index (χ1n) is 8.91. The van der Waals surface area contributed by atoms with Gasteiger partial charge in [0.15, 0.2) is 0 Å². The van der Waals surface area contributed by atoms with Crippen LogP contribution in [0, 0.1) is 23.7 Å². The molecule has 8 nitrogen and oxygen atoms in total. The van der Waals surface area contributed by atoms with E-state index in [-0.39, 0.29) is 11.9 Å². The summed E-state index contributed by atoms with van der Waals surface area (Å²) in [7, 11) is 0. The first kappa shape index (κ1) is 18.4. The molecule has 2 saturated carbocycles. The van der Waals surface area contributed by atoms with Crippen LogP contribution in [-0.2, 0) is 9.53 Å². The van der Waals surface area contributed by atoms with Gasteiger partial charge in [0, 0.05) is 22.9 Å². The van der Waals surface area contributed by atoms with Gasteiger partial charge < -0.3 is 4.74 Å². The zero-order valence-electron chi connectivity index (χ0n) is 14.1. The summed E-state index contributed by atoms with van der Waals surface area (Å²) >= 11 is 0. The summed E-state index contributed by atoms with van der Waals surface area (Å²) in [6, 6.07) is 0. The van der Waals surface area contributed by atoms with Gasteiger partial charge in [0.1, 0.15) is 0 Å². The molecule has 0 unspecified atom stereocenters. The number of carbonyl (C=O) groups is 1. The largest absolute Gasteiger partial charge is 0.465 e. The smallest absolute Gasteiger partial charge is 0.308 e. The minimum Gasteiger partial charge on any atom is -0.465 e. The molecule has 0 atom stereocenters. The van der Waals surface area contributed by atoms with Gasteiger partial charge in [0.2, 0.25) is 0 Å². The molecule has 8 heteroatoms. The Morgan fingerprint density at radius 1 is 0.833 bits per heavy atom. The molecule has 0 aromatic carbocycles. The SMILES string of the molecule is [N-]=[N+]=NCC1CCC(COC(=O)C2CCC(CN=[N+]=[N-])CC2)CC1. The monoisotopic (exact) mass is 334 g/mol. The Hall–Kier alpha value is -1.91. The highest BCUT2D eigenvalue weighted by Gasteiger charge is 2.28. The highest BCUT2D eigenvalue weighted by molar-refractivity contribution is 5.72. The van der Waals surface area contributed by atoms with E-state index in [2.05, 4.69) is 20.1 Å². The van der Waals surface area contributed by atoms with Crippen LogP contribution < -0.4 is 0 Å². The molecule has 0 heterocycles. The molecule has 2 aliphatic carbocycles. The maximum absolute atomic E-state index is 12.2. The summed E-state index contributed by atoms with van der Waals surface area (Å²) in [6.45, 7) is 1.64. The van der Waals surface area contributed by atoms with Crippen molar-refractivity contribution in [3.8, 4) is 0 Å². The predicted molar refractivity (Wildman–Crippen MR) is 89.9 cm³/mol. The van der Waals surface area contributed by atoms with Crippen LogP contribution in [0.25, 0.3) is 20.9 Å². The lowest BCUT2D eigenvalue weighted by atomic mass is 9.81. The lowest BCUT2D eigenvalue weighted by Crippen LogP contribution is -2.27. The van der Waals surface area contributed by atoms with Crippen LogP contribution in [0.5, 0.6) is 0 Å². The van der Waals surface area contributed by atoms with Crippen LogP contribution in [0.2, 0.25) is 0 Å². The number of nitrogens with zero attached hydrogens (tertiary/aromatic N) is 6. The Bertz CT molecular complexity index is 497. The fourth-order valence-electron chi connectivity index (χ4n) is 3.78. The van der Waals surface area contributed by atoms with Crippen molar-refractivity contribution in [2.45, 2.75) is 51.4 Å². The van der Waals surface area contributed by atoms with E-state index in [1.807, 2.05) is 0 Å². The molecular formula is C16H26N6O2. The van der Waals surface area contributed by atoms with Gasteiger partial charge in [0.05, 0.1) is 12.5 Å². The third-order valence-corrected chi connectivity index (χ3v) is 5.41. The Kier molecular flexibility index (Phi) is 7.72. The van der Waals surface area contributed by atoms with E-state index < -0.39 is 0 Å². The van der Waals surface area contributed by atoms with Crippen molar-refractivity contribution in [2.24, 2.45) is 33.9 Å². The molecule has 0 saturated heterocycles. The summed E-state index contributed by atoms with van der Waals surface area (Å²) in [5, 5.41) is 7.27. The van der Waals surface area contributed by atoms with Crippen LogP contribution in [0.4, 0.5) is 0 Å². The van der Waals surface area contributed by atoms with Crippen LogP contribution in [0.3, 0.4) is 0 Å². The van der Waals surface area contributed by atoms with E-state index in [4.69, 9.17) is 15.8 Å². The van der Waals surface area contributed by atoms with E-state index in [0.29, 0.717) is 37.5 Å². The van der Waals surface area contributed by atoms with Gasteiger partial charge >= 0.3 is 5.97 Å². The molecule has 0 N–H and O–H groups in total. The minimum atomic E-state index is -0.0616. The van der Waals surface area contributed by atoms with E-state index in [0.717, 1.165) is 51.4 Å². The third kappa shape index (κ3) is 5.95. The molecule has 0 aromatic heterocycles. The Morgan fingerprint density at radius 2 is 1.29 bits per heavy atom. The Balaban J connectivity index is 1.62. The van der Waals surface area contributed by atoms with Crippen molar-refractivity contribution >= 4 is 5.97 Å². The lowest BCUT2D eigenvalue weighted by molar-refractivity contribution is -0.151. The van der Waals surface area contributed by atoms with E-state index >= 15 is 0 Å². The number of hydrogen-bond acceptors (Lipinski definition) is 4. The molecule has 0 radical (unpaired) electrons. The molecule has 0 aromatic rings. The zero-order chi connectivity index (χ0) is 17.2. The third-order valence-electron chi connectivity index (χ3n) is 5.41. The maximum atomic E-state index is 12.2. The van der Waals surface area contributed by atoms with Crippen molar-refractivity contribution in [3.05, 3.63) is 20.9 Å². The summed E-state index contributed by atoms with van der Waals surface area (Å²) in [5.41, 5.74) is 16.7. The molecule has 2 fully saturated rings. The van der Waals surface area contributed by atoms with E-state index in [9.17, 15) is 4.79 Å². The first-order chi connectivity index (χ1) is 11.7. The van der Waals surface area contributed by atoms with Crippen LogP contribution in [0.15, 0.2) is 10.2 Å². The topological polar surface area (TPSA) is 124 Å². The molecular weight excluding hydrogens is 308 g/mol. The van der Waals surface area contributed by atoms with Crippen LogP contribution in [-0.4, -0.2) is 25.7 Å². The van der Waals surface area contributed by atoms with Gasteiger partial charge in [0.25, 0.3) is 0 Å². The number of hydrogen-bond donors (Lipinski definition) is 0. The van der Waals surface area contributed by atoms with Crippen molar-refractivity contribution in [1.29, 1.82) is 0 Å². The van der Waals surface area contributed by atoms with Crippen molar-refractivity contribution < 1.29 is 9.53 Å². The van der Waals surface area contributed by atoms with Crippen LogP contribution >= 0.6 is 0 Å². The van der Waals surface area contributed by atoms with Gasteiger partial charge in [-0.2, -0.15) is 0 Å². The second-order valence-corrected chi connectivity index (χ2v) is 7.06. The molecule has 132 valence electrons. The maximum Gasteiger partial charge on any atom is 0.308 e. The van der Waals surface area contributed by atoms with Gasteiger partial charge in [-0.15, -0.1) is 0 Å². The number of rotatable bonds is 7. The number of azide groups is 2. The van der Waals surface area contributed by atoms with Crippen LogP contribution in [0.1, 0.15) is 51.4 Å². The zero-order valence-corrected chi connectivity index (χ0v) is 14.1. The number of esters is 1. The molecule has 0 bridgehead atoms. The highest BCUT2D eigenvalue weighted by Crippen LogP contribution is 2.32.